The van der Waals surface area contributed by atoms with Crippen molar-refractivity contribution in [1.82, 2.24) is 9.88 Å². The van der Waals surface area contributed by atoms with Gasteiger partial charge in [0.2, 0.25) is 0 Å². The lowest BCUT2D eigenvalue weighted by Crippen LogP contribution is -2.50. The van der Waals surface area contributed by atoms with E-state index in [1.54, 1.807) is 4.90 Å². The molecular formula is C32H35N3O3S. The van der Waals surface area contributed by atoms with Gasteiger partial charge in [-0.3, -0.25) is 4.98 Å². The van der Waals surface area contributed by atoms with Gasteiger partial charge in [-0.05, 0) is 75.1 Å². The molecule has 0 unspecified atom stereocenters. The van der Waals surface area contributed by atoms with Gasteiger partial charge in [0, 0.05) is 59.3 Å². The first kappa shape index (κ1) is 25.8. The normalized spacial score (nSPS) is 16.4. The molecule has 7 heteroatoms. The van der Waals surface area contributed by atoms with Gasteiger partial charge in [0.25, 0.3) is 0 Å². The van der Waals surface area contributed by atoms with Crippen molar-refractivity contribution < 1.29 is 13.9 Å². The van der Waals surface area contributed by atoms with Gasteiger partial charge in [-0.1, -0.05) is 30.7 Å². The Labute approximate surface area is 234 Å². The molecule has 2 fully saturated rings. The topological polar surface area (TPSA) is 58.8 Å². The quantitative estimate of drug-likeness (QED) is 0.256. The van der Waals surface area contributed by atoms with E-state index in [2.05, 4.69) is 59.5 Å². The molecule has 6 nitrogen and oxygen atoms in total. The second kappa shape index (κ2) is 10.6. The maximum absolute atomic E-state index is 12.4. The third-order valence-electron chi connectivity index (χ3n) is 7.41. The van der Waals surface area contributed by atoms with Crippen molar-refractivity contribution in [2.75, 3.05) is 31.1 Å². The van der Waals surface area contributed by atoms with E-state index in [0.29, 0.717) is 13.1 Å². The number of anilines is 1. The summed E-state index contributed by atoms with van der Waals surface area (Å²) in [5.74, 6) is 0. The number of nitrogens with zero attached hydrogens (tertiary/aromatic N) is 3. The minimum atomic E-state index is -0.474. The average molecular weight is 542 g/mol. The van der Waals surface area contributed by atoms with Crippen molar-refractivity contribution in [2.45, 2.75) is 55.8 Å². The highest BCUT2D eigenvalue weighted by Gasteiger charge is 2.26. The van der Waals surface area contributed by atoms with Gasteiger partial charge < -0.3 is 19.0 Å². The molecule has 2 aromatic heterocycles. The van der Waals surface area contributed by atoms with Crippen molar-refractivity contribution in [3.8, 4) is 22.3 Å². The number of rotatable bonds is 5. The predicted octanol–water partition coefficient (Wildman–Crippen LogP) is 7.86. The average Bonchev–Trinajstić information content (AvgIpc) is 3.34. The summed E-state index contributed by atoms with van der Waals surface area (Å²) in [5, 5.41) is 0.759. The number of ether oxygens (including phenoxy) is 1. The van der Waals surface area contributed by atoms with E-state index in [4.69, 9.17) is 14.1 Å². The second-order valence-corrected chi connectivity index (χ2v) is 12.8. The Bertz CT molecular complexity index is 1460. The minimum Gasteiger partial charge on any atom is -0.462 e. The van der Waals surface area contributed by atoms with Gasteiger partial charge in [0.1, 0.15) is 17.4 Å². The van der Waals surface area contributed by atoms with Crippen LogP contribution >= 0.6 is 11.8 Å². The molecule has 0 atom stereocenters. The lowest BCUT2D eigenvalue weighted by atomic mass is 10.00. The zero-order valence-electron chi connectivity index (χ0n) is 22.9. The molecule has 2 aliphatic rings. The molecule has 0 radical (unpaired) electrons. The fraction of sp³-hybridized carbons (Fsp3) is 0.375. The molecule has 0 N–H and O–H groups in total. The highest BCUT2D eigenvalue weighted by Crippen LogP contribution is 2.39. The van der Waals surface area contributed by atoms with Gasteiger partial charge in [0.05, 0.1) is 0 Å². The van der Waals surface area contributed by atoms with E-state index in [-0.39, 0.29) is 6.09 Å². The number of hydrogen-bond donors (Lipinski definition) is 0. The Balaban J connectivity index is 1.13. The molecule has 1 saturated heterocycles. The Hall–Kier alpha value is -3.45. The zero-order chi connectivity index (χ0) is 27.0. The summed E-state index contributed by atoms with van der Waals surface area (Å²) in [7, 11) is 0. The third-order valence-corrected chi connectivity index (χ3v) is 8.74. The first-order chi connectivity index (χ1) is 18.8. The number of thioether (sulfide) groups is 1. The zero-order valence-corrected chi connectivity index (χ0v) is 23.7. The van der Waals surface area contributed by atoms with E-state index < -0.39 is 5.60 Å². The summed E-state index contributed by atoms with van der Waals surface area (Å²) >= 11 is 1.98. The van der Waals surface area contributed by atoms with E-state index >= 15 is 0 Å². The molecule has 1 amide bonds. The Morgan fingerprint density at radius 1 is 0.974 bits per heavy atom. The van der Waals surface area contributed by atoms with Crippen molar-refractivity contribution in [2.24, 2.45) is 0 Å². The fourth-order valence-electron chi connectivity index (χ4n) is 5.03. The van der Waals surface area contributed by atoms with Crippen LogP contribution < -0.4 is 4.90 Å². The van der Waals surface area contributed by atoms with Crippen LogP contribution in [0.3, 0.4) is 0 Å². The lowest BCUT2D eigenvalue weighted by molar-refractivity contribution is 0.0240. The molecule has 1 aliphatic heterocycles. The number of furan rings is 1. The number of pyridine rings is 1. The second-order valence-electron chi connectivity index (χ2n) is 11.4. The molecule has 1 aliphatic carbocycles. The van der Waals surface area contributed by atoms with Crippen molar-refractivity contribution >= 4 is 34.6 Å². The summed E-state index contributed by atoms with van der Waals surface area (Å²) in [4.78, 5) is 22.6. The largest absolute Gasteiger partial charge is 0.462 e. The number of hydrogen-bond acceptors (Lipinski definition) is 6. The van der Waals surface area contributed by atoms with Crippen LogP contribution in [0.25, 0.3) is 33.4 Å². The van der Waals surface area contributed by atoms with E-state index in [1.165, 1.54) is 24.2 Å². The molecule has 39 heavy (non-hydrogen) atoms. The first-order valence-corrected chi connectivity index (χ1v) is 14.7. The number of carbonyl (C=O) groups excluding carboxylic acids is 1. The number of carbonyl (C=O) groups is 1. The van der Waals surface area contributed by atoms with E-state index in [0.717, 1.165) is 57.4 Å². The molecular weight excluding hydrogens is 506 g/mol. The third kappa shape index (κ3) is 5.78. The highest BCUT2D eigenvalue weighted by molar-refractivity contribution is 8.00. The molecule has 0 bridgehead atoms. The van der Waals surface area contributed by atoms with Crippen LogP contribution in [-0.4, -0.2) is 53.0 Å². The predicted molar refractivity (Wildman–Crippen MR) is 158 cm³/mol. The smallest absolute Gasteiger partial charge is 0.410 e. The fourth-order valence-corrected chi connectivity index (χ4v) is 6.34. The van der Waals surface area contributed by atoms with Gasteiger partial charge in [-0.15, -0.1) is 11.8 Å². The SMILES string of the molecule is CC(C)(C)OC(=O)N1CCN(c2ccc(-c3cnc4c(-c5cccc(SC6CCC6)c5)coc4c3)cc2)CC1. The van der Waals surface area contributed by atoms with Crippen LogP contribution in [0, 0.1) is 0 Å². The molecule has 3 heterocycles. The van der Waals surface area contributed by atoms with Crippen LogP contribution in [-0.2, 0) is 4.74 Å². The monoisotopic (exact) mass is 541 g/mol. The standard InChI is InChI=1S/C32H35N3O3S/c1-32(2,3)38-31(36)35-16-14-34(15-17-35)25-12-10-22(11-13-25)24-19-29-30(33-20-24)28(21-37-29)23-6-4-9-27(18-23)39-26-7-5-8-26/h4,6,9-13,18-21,26H,5,7-8,14-17H2,1-3H3. The maximum atomic E-state index is 12.4. The summed E-state index contributed by atoms with van der Waals surface area (Å²) in [6.45, 7) is 8.56. The van der Waals surface area contributed by atoms with Crippen LogP contribution in [0.15, 0.2) is 76.4 Å². The van der Waals surface area contributed by atoms with Crippen LogP contribution in [0.5, 0.6) is 0 Å². The number of amides is 1. The Morgan fingerprint density at radius 3 is 2.44 bits per heavy atom. The van der Waals surface area contributed by atoms with Crippen molar-refractivity contribution in [3.63, 3.8) is 0 Å². The van der Waals surface area contributed by atoms with Crippen molar-refractivity contribution in [1.29, 1.82) is 0 Å². The summed E-state index contributed by atoms with van der Waals surface area (Å²) < 4.78 is 11.5. The minimum absolute atomic E-state index is 0.235. The molecule has 6 rings (SSSR count). The summed E-state index contributed by atoms with van der Waals surface area (Å²) in [6.07, 6.45) is 7.52. The molecule has 4 aromatic rings. The Kier molecular flexibility index (Phi) is 7.02. The van der Waals surface area contributed by atoms with E-state index in [9.17, 15) is 4.79 Å². The van der Waals surface area contributed by atoms with Gasteiger partial charge in [-0.2, -0.15) is 0 Å². The van der Waals surface area contributed by atoms with Gasteiger partial charge in [0.15, 0.2) is 5.58 Å². The summed E-state index contributed by atoms with van der Waals surface area (Å²) in [6, 6.07) is 19.3. The Morgan fingerprint density at radius 2 is 1.74 bits per heavy atom. The number of aromatic nitrogens is 1. The highest BCUT2D eigenvalue weighted by atomic mass is 32.2. The molecule has 0 spiro atoms. The number of fused-ring (bicyclic) bond motifs is 1. The molecule has 1 saturated carbocycles. The van der Waals surface area contributed by atoms with Gasteiger partial charge >= 0.3 is 6.09 Å². The number of piperazine rings is 1. The van der Waals surface area contributed by atoms with Crippen LogP contribution in [0.4, 0.5) is 10.5 Å². The maximum Gasteiger partial charge on any atom is 0.410 e. The van der Waals surface area contributed by atoms with E-state index in [1.807, 2.05) is 45.0 Å². The van der Waals surface area contributed by atoms with Crippen molar-refractivity contribution in [3.05, 3.63) is 67.1 Å². The summed E-state index contributed by atoms with van der Waals surface area (Å²) in [5.41, 5.74) is 6.67. The molecule has 202 valence electrons. The first-order valence-electron chi connectivity index (χ1n) is 13.8. The van der Waals surface area contributed by atoms with Crippen LogP contribution in [0.2, 0.25) is 0 Å². The number of benzene rings is 2. The lowest BCUT2D eigenvalue weighted by Gasteiger charge is -2.36. The van der Waals surface area contributed by atoms with Gasteiger partial charge in [-0.25, -0.2) is 4.79 Å². The van der Waals surface area contributed by atoms with Crippen LogP contribution in [0.1, 0.15) is 40.0 Å². The molecule has 2 aromatic carbocycles.